The minimum absolute atomic E-state index is 0.447. The minimum atomic E-state index is 0.447. The van der Waals surface area contributed by atoms with E-state index in [9.17, 15) is 0 Å². The van der Waals surface area contributed by atoms with Crippen LogP contribution in [-0.2, 0) is 0 Å². The maximum absolute atomic E-state index is 3.54. The molecule has 0 aliphatic rings. The second-order valence-corrected chi connectivity index (χ2v) is 5.17. The van der Waals surface area contributed by atoms with Crippen molar-refractivity contribution in [2.75, 3.05) is 6.54 Å². The Morgan fingerprint density at radius 3 is 2.00 bits per heavy atom. The highest BCUT2D eigenvalue weighted by Gasteiger charge is 2.22. The predicted molar refractivity (Wildman–Crippen MR) is 61.0 cm³/mol. The molecule has 0 bridgehead atoms. The molecule has 1 N–H and O–H groups in total. The van der Waals surface area contributed by atoms with Crippen molar-refractivity contribution < 1.29 is 0 Å². The van der Waals surface area contributed by atoms with Crippen LogP contribution in [0.5, 0.6) is 0 Å². The van der Waals surface area contributed by atoms with Gasteiger partial charge in [0.15, 0.2) is 0 Å². The predicted octanol–water partition coefficient (Wildman–Crippen LogP) is 3.45. The van der Waals surface area contributed by atoms with E-state index in [0.717, 1.165) is 12.5 Å². The molecule has 0 radical (unpaired) electrons. The summed E-state index contributed by atoms with van der Waals surface area (Å²) in [4.78, 5) is 0. The van der Waals surface area contributed by atoms with Gasteiger partial charge in [-0.25, -0.2) is 0 Å². The van der Waals surface area contributed by atoms with E-state index in [-0.39, 0.29) is 0 Å². The van der Waals surface area contributed by atoms with E-state index in [1.807, 2.05) is 0 Å². The van der Waals surface area contributed by atoms with Crippen LogP contribution >= 0.6 is 0 Å². The summed E-state index contributed by atoms with van der Waals surface area (Å²) in [7, 11) is 0. The van der Waals surface area contributed by atoms with Gasteiger partial charge in [-0.2, -0.15) is 0 Å². The normalized spacial score (nSPS) is 17.1. The third-order valence-electron chi connectivity index (χ3n) is 3.10. The van der Waals surface area contributed by atoms with Gasteiger partial charge in [0.25, 0.3) is 0 Å². The molecule has 0 aromatic heterocycles. The summed E-state index contributed by atoms with van der Waals surface area (Å²) in [6.45, 7) is 14.9. The molecule has 13 heavy (non-hydrogen) atoms. The molecule has 0 fully saturated rings. The minimum Gasteiger partial charge on any atom is -0.314 e. The van der Waals surface area contributed by atoms with Crippen molar-refractivity contribution in [3.8, 4) is 0 Å². The molecule has 0 spiro atoms. The summed E-state index contributed by atoms with van der Waals surface area (Å²) in [6.07, 6.45) is 2.54. The Morgan fingerprint density at radius 1 is 1.15 bits per heavy atom. The van der Waals surface area contributed by atoms with Crippen LogP contribution in [0.3, 0.4) is 0 Å². The van der Waals surface area contributed by atoms with Crippen molar-refractivity contribution in [3.05, 3.63) is 0 Å². The summed E-state index contributed by atoms with van der Waals surface area (Å²) in [5, 5.41) is 3.54. The lowest BCUT2D eigenvalue weighted by atomic mass is 9.78. The highest BCUT2D eigenvalue weighted by atomic mass is 14.9. The van der Waals surface area contributed by atoms with Gasteiger partial charge in [-0.3, -0.25) is 0 Å². The van der Waals surface area contributed by atoms with Gasteiger partial charge in [0.2, 0.25) is 0 Å². The first-order valence-electron chi connectivity index (χ1n) is 5.65. The first kappa shape index (κ1) is 13.0. The average molecular weight is 185 g/mol. The van der Waals surface area contributed by atoms with Crippen LogP contribution in [0.15, 0.2) is 0 Å². The molecule has 0 saturated heterocycles. The number of rotatable bonds is 5. The molecule has 1 heteroatoms. The van der Waals surface area contributed by atoms with Gasteiger partial charge in [0.1, 0.15) is 0 Å². The first-order chi connectivity index (χ1) is 5.91. The van der Waals surface area contributed by atoms with E-state index in [1.54, 1.807) is 0 Å². The van der Waals surface area contributed by atoms with Crippen molar-refractivity contribution >= 4 is 0 Å². The second-order valence-electron chi connectivity index (χ2n) is 5.17. The molecular formula is C12H27N. The Kier molecular flexibility index (Phi) is 5.62. The molecule has 0 aliphatic carbocycles. The van der Waals surface area contributed by atoms with Crippen molar-refractivity contribution in [1.29, 1.82) is 0 Å². The Hall–Kier alpha value is -0.0400. The van der Waals surface area contributed by atoms with E-state index in [4.69, 9.17) is 0 Å². The largest absolute Gasteiger partial charge is 0.314 e. The fourth-order valence-corrected chi connectivity index (χ4v) is 1.46. The number of hydrogen-bond donors (Lipinski definition) is 1. The van der Waals surface area contributed by atoms with Gasteiger partial charge in [0, 0.05) is 6.04 Å². The molecular weight excluding hydrogens is 158 g/mol. The van der Waals surface area contributed by atoms with Gasteiger partial charge in [0.05, 0.1) is 0 Å². The molecule has 0 aliphatic heterocycles. The monoisotopic (exact) mass is 185 g/mol. The molecule has 0 amide bonds. The van der Waals surface area contributed by atoms with E-state index < -0.39 is 0 Å². The maximum Gasteiger partial charge on any atom is 0.00670 e. The zero-order valence-electron chi connectivity index (χ0n) is 10.3. The van der Waals surface area contributed by atoms with E-state index in [2.05, 4.69) is 46.9 Å². The Morgan fingerprint density at radius 2 is 1.69 bits per heavy atom. The van der Waals surface area contributed by atoms with E-state index >= 15 is 0 Å². The quantitative estimate of drug-likeness (QED) is 0.692. The van der Waals surface area contributed by atoms with Crippen molar-refractivity contribution in [1.82, 2.24) is 5.32 Å². The molecule has 2 atom stereocenters. The van der Waals surface area contributed by atoms with Crippen LogP contribution < -0.4 is 5.32 Å². The van der Waals surface area contributed by atoms with Crippen LogP contribution in [0.2, 0.25) is 0 Å². The standard InChI is InChI=1S/C12H27N/c1-7-11(13-8-2)9-10(3)12(4,5)6/h10-11,13H,7-9H2,1-6H3. The topological polar surface area (TPSA) is 12.0 Å². The zero-order valence-corrected chi connectivity index (χ0v) is 10.3. The van der Waals surface area contributed by atoms with Crippen molar-refractivity contribution in [2.45, 2.75) is 60.4 Å². The zero-order chi connectivity index (χ0) is 10.5. The van der Waals surface area contributed by atoms with Crippen molar-refractivity contribution in [2.24, 2.45) is 11.3 Å². The lowest BCUT2D eigenvalue weighted by Crippen LogP contribution is -2.33. The fraction of sp³-hybridized carbons (Fsp3) is 1.00. The maximum atomic E-state index is 3.54. The molecule has 80 valence electrons. The summed E-state index contributed by atoms with van der Waals surface area (Å²) in [5.41, 5.74) is 0.447. The van der Waals surface area contributed by atoms with E-state index in [0.29, 0.717) is 11.5 Å². The van der Waals surface area contributed by atoms with E-state index in [1.165, 1.54) is 12.8 Å². The highest BCUT2D eigenvalue weighted by molar-refractivity contribution is 4.75. The lowest BCUT2D eigenvalue weighted by molar-refractivity contribution is 0.221. The molecule has 0 aromatic rings. The van der Waals surface area contributed by atoms with Crippen LogP contribution in [0.1, 0.15) is 54.4 Å². The average Bonchev–Trinajstić information content (AvgIpc) is 2.01. The van der Waals surface area contributed by atoms with Gasteiger partial charge in [-0.05, 0) is 30.7 Å². The second kappa shape index (κ2) is 5.64. The highest BCUT2D eigenvalue weighted by Crippen LogP contribution is 2.29. The van der Waals surface area contributed by atoms with Gasteiger partial charge >= 0.3 is 0 Å². The smallest absolute Gasteiger partial charge is 0.00670 e. The molecule has 2 unspecified atom stereocenters. The lowest BCUT2D eigenvalue weighted by Gasteiger charge is -2.30. The summed E-state index contributed by atoms with van der Waals surface area (Å²) in [6, 6.07) is 0.708. The fourth-order valence-electron chi connectivity index (χ4n) is 1.46. The Bertz CT molecular complexity index is 124. The molecule has 1 nitrogen and oxygen atoms in total. The number of hydrogen-bond acceptors (Lipinski definition) is 1. The third kappa shape index (κ3) is 5.30. The molecule has 0 aromatic carbocycles. The first-order valence-corrected chi connectivity index (χ1v) is 5.65. The SMILES string of the molecule is CCNC(CC)CC(C)C(C)(C)C. The van der Waals surface area contributed by atoms with Crippen LogP contribution in [0, 0.1) is 11.3 Å². The third-order valence-corrected chi connectivity index (χ3v) is 3.10. The van der Waals surface area contributed by atoms with Gasteiger partial charge in [-0.1, -0.05) is 41.5 Å². The summed E-state index contributed by atoms with van der Waals surface area (Å²) in [5.74, 6) is 0.788. The summed E-state index contributed by atoms with van der Waals surface area (Å²) >= 11 is 0. The molecule has 0 rings (SSSR count). The molecule has 0 saturated carbocycles. The Labute approximate surface area is 84.3 Å². The van der Waals surface area contributed by atoms with Crippen LogP contribution in [0.25, 0.3) is 0 Å². The summed E-state index contributed by atoms with van der Waals surface area (Å²) < 4.78 is 0. The molecule has 0 heterocycles. The van der Waals surface area contributed by atoms with Crippen molar-refractivity contribution in [3.63, 3.8) is 0 Å². The number of nitrogens with one attached hydrogen (secondary N) is 1. The van der Waals surface area contributed by atoms with Gasteiger partial charge < -0.3 is 5.32 Å². The van der Waals surface area contributed by atoms with Gasteiger partial charge in [-0.15, -0.1) is 0 Å². The Balaban J connectivity index is 3.93. The van der Waals surface area contributed by atoms with Crippen LogP contribution in [0.4, 0.5) is 0 Å². The van der Waals surface area contributed by atoms with Crippen LogP contribution in [-0.4, -0.2) is 12.6 Å².